The average Bonchev–Trinajstić information content (AvgIpc) is 3.63. The summed E-state index contributed by atoms with van der Waals surface area (Å²) in [6.45, 7) is 11.0. The Morgan fingerprint density at radius 3 is 2.67 bits per heavy atom. The van der Waals surface area contributed by atoms with Gasteiger partial charge in [-0.15, -0.1) is 0 Å². The fourth-order valence-corrected chi connectivity index (χ4v) is 5.21. The van der Waals surface area contributed by atoms with Crippen LogP contribution in [0.15, 0.2) is 55.0 Å². The number of carbonyl (C=O) groups is 2. The molecule has 1 aromatic carbocycles. The van der Waals surface area contributed by atoms with Gasteiger partial charge in [0.05, 0.1) is 11.8 Å². The third-order valence-corrected chi connectivity index (χ3v) is 7.42. The number of hydrogen-bond acceptors (Lipinski definition) is 5. The van der Waals surface area contributed by atoms with Crippen molar-refractivity contribution in [3.63, 3.8) is 0 Å². The fourth-order valence-electron chi connectivity index (χ4n) is 5.21. The molecule has 0 radical (unpaired) electrons. The smallest absolute Gasteiger partial charge is 0.256 e. The maximum Gasteiger partial charge on any atom is 0.256 e. The minimum atomic E-state index is -0.162. The van der Waals surface area contributed by atoms with Crippen molar-refractivity contribution < 1.29 is 9.59 Å². The highest BCUT2D eigenvalue weighted by atomic mass is 16.2. The summed E-state index contributed by atoms with van der Waals surface area (Å²) in [5.74, 6) is 0.713. The molecular formula is C31H34N6O2. The number of pyridine rings is 1. The van der Waals surface area contributed by atoms with Gasteiger partial charge in [-0.2, -0.15) is 5.10 Å². The third-order valence-electron chi connectivity index (χ3n) is 7.42. The first-order valence-corrected chi connectivity index (χ1v) is 13.5. The number of aromatic amines is 1. The summed E-state index contributed by atoms with van der Waals surface area (Å²) in [4.78, 5) is 36.1. The van der Waals surface area contributed by atoms with Crippen molar-refractivity contribution in [2.45, 2.75) is 40.5 Å². The average molecular weight is 523 g/mol. The molecule has 8 heteroatoms. The highest BCUT2D eigenvalue weighted by Gasteiger charge is 2.26. The van der Waals surface area contributed by atoms with Gasteiger partial charge in [-0.3, -0.25) is 9.59 Å². The van der Waals surface area contributed by atoms with Crippen LogP contribution in [0.1, 0.15) is 59.6 Å². The molecule has 5 rings (SSSR count). The predicted octanol–water partition coefficient (Wildman–Crippen LogP) is 5.68. The van der Waals surface area contributed by atoms with Crippen LogP contribution in [0.2, 0.25) is 0 Å². The summed E-state index contributed by atoms with van der Waals surface area (Å²) in [7, 11) is 0. The van der Waals surface area contributed by atoms with Crippen molar-refractivity contribution >= 4 is 29.0 Å². The van der Waals surface area contributed by atoms with E-state index in [4.69, 9.17) is 0 Å². The third kappa shape index (κ3) is 5.33. The summed E-state index contributed by atoms with van der Waals surface area (Å²) in [6, 6.07) is 11.6. The second-order valence-corrected chi connectivity index (χ2v) is 9.85. The van der Waals surface area contributed by atoms with Crippen LogP contribution in [0.25, 0.3) is 28.6 Å². The maximum absolute atomic E-state index is 13.1. The van der Waals surface area contributed by atoms with Crippen LogP contribution >= 0.6 is 0 Å². The molecule has 0 aliphatic carbocycles. The second kappa shape index (κ2) is 11.2. The topological polar surface area (TPSA) is 95.9 Å². The van der Waals surface area contributed by atoms with Gasteiger partial charge in [0.25, 0.3) is 5.91 Å². The van der Waals surface area contributed by atoms with E-state index in [-0.39, 0.29) is 11.7 Å². The van der Waals surface area contributed by atoms with E-state index in [1.807, 2.05) is 62.5 Å². The van der Waals surface area contributed by atoms with Gasteiger partial charge in [0.1, 0.15) is 0 Å². The van der Waals surface area contributed by atoms with Gasteiger partial charge >= 0.3 is 0 Å². The quantitative estimate of drug-likeness (QED) is 0.206. The SMILES string of the molecule is CCN(CC)CCCC(=O)c1c(C)[nH]c(/C=C2\C(=O)Nc3ccc(-c4cnn(-c5ccccn5)c4)cc32)c1C. The van der Waals surface area contributed by atoms with E-state index in [2.05, 4.69) is 39.1 Å². The van der Waals surface area contributed by atoms with Crippen molar-refractivity contribution in [2.24, 2.45) is 0 Å². The predicted molar refractivity (Wildman–Crippen MR) is 155 cm³/mol. The molecule has 1 aliphatic heterocycles. The molecule has 200 valence electrons. The number of amides is 1. The lowest BCUT2D eigenvalue weighted by Crippen LogP contribution is -2.24. The Bertz CT molecular complexity index is 1540. The summed E-state index contributed by atoms with van der Waals surface area (Å²) in [5, 5.41) is 7.42. The van der Waals surface area contributed by atoms with E-state index in [0.29, 0.717) is 12.0 Å². The molecule has 0 fully saturated rings. The zero-order valence-corrected chi connectivity index (χ0v) is 22.9. The first-order valence-electron chi connectivity index (χ1n) is 13.5. The van der Waals surface area contributed by atoms with Crippen molar-refractivity contribution in [3.05, 3.63) is 83.1 Å². The van der Waals surface area contributed by atoms with Crippen molar-refractivity contribution in [1.82, 2.24) is 24.6 Å². The van der Waals surface area contributed by atoms with E-state index in [1.54, 1.807) is 17.1 Å². The lowest BCUT2D eigenvalue weighted by Gasteiger charge is -2.17. The molecule has 0 saturated carbocycles. The zero-order chi connectivity index (χ0) is 27.5. The standard InChI is InChI=1S/C31H34N6O2/c1-5-36(6-2)15-9-10-28(38)30-20(3)27(34-21(30)4)17-25-24-16-22(12-13-26(24)35-31(25)39)23-18-33-37(19-23)29-11-7-8-14-32-29/h7-8,11-14,16-19,34H,5-6,9-10,15H2,1-4H3,(H,35,39)/b25-17-. The number of aryl methyl sites for hydroxylation is 1. The van der Waals surface area contributed by atoms with Gasteiger partial charge in [0.2, 0.25) is 0 Å². The molecule has 0 spiro atoms. The number of anilines is 1. The second-order valence-electron chi connectivity index (χ2n) is 9.85. The van der Waals surface area contributed by atoms with Crippen LogP contribution < -0.4 is 5.32 Å². The van der Waals surface area contributed by atoms with E-state index in [1.165, 1.54) is 0 Å². The number of ketones is 1. The fraction of sp³-hybridized carbons (Fsp3) is 0.290. The summed E-state index contributed by atoms with van der Waals surface area (Å²) in [6.07, 6.45) is 8.64. The van der Waals surface area contributed by atoms with Gasteiger partial charge in [0, 0.05) is 52.6 Å². The van der Waals surface area contributed by atoms with Gasteiger partial charge < -0.3 is 15.2 Å². The number of fused-ring (bicyclic) bond motifs is 1. The number of hydrogen-bond donors (Lipinski definition) is 2. The van der Waals surface area contributed by atoms with E-state index in [9.17, 15) is 9.59 Å². The maximum atomic E-state index is 13.1. The molecule has 0 unspecified atom stereocenters. The Morgan fingerprint density at radius 2 is 1.92 bits per heavy atom. The number of nitrogens with one attached hydrogen (secondary N) is 2. The van der Waals surface area contributed by atoms with Gasteiger partial charge in [-0.1, -0.05) is 26.0 Å². The van der Waals surface area contributed by atoms with Crippen LogP contribution in [0.5, 0.6) is 0 Å². The number of carbonyl (C=O) groups excluding carboxylic acids is 2. The molecule has 1 aliphatic rings. The number of aromatic nitrogens is 4. The Labute approximate surface area is 228 Å². The molecule has 0 bridgehead atoms. The molecule has 8 nitrogen and oxygen atoms in total. The Morgan fingerprint density at radius 1 is 1.10 bits per heavy atom. The number of Topliss-reactive ketones (excluding diaryl/α,β-unsaturated/α-hetero) is 1. The normalized spacial score (nSPS) is 13.8. The Balaban J connectivity index is 1.41. The van der Waals surface area contributed by atoms with Gasteiger partial charge in [-0.25, -0.2) is 9.67 Å². The highest BCUT2D eigenvalue weighted by molar-refractivity contribution is 6.35. The minimum Gasteiger partial charge on any atom is -0.358 e. The zero-order valence-electron chi connectivity index (χ0n) is 22.9. The van der Waals surface area contributed by atoms with Gasteiger partial charge in [0.15, 0.2) is 11.6 Å². The lowest BCUT2D eigenvalue weighted by molar-refractivity contribution is -0.110. The monoisotopic (exact) mass is 522 g/mol. The highest BCUT2D eigenvalue weighted by Crippen LogP contribution is 2.37. The lowest BCUT2D eigenvalue weighted by atomic mass is 9.98. The number of nitrogens with zero attached hydrogens (tertiary/aromatic N) is 4. The molecule has 4 aromatic rings. The van der Waals surface area contributed by atoms with E-state index < -0.39 is 0 Å². The van der Waals surface area contributed by atoms with Crippen LogP contribution in [0.3, 0.4) is 0 Å². The minimum absolute atomic E-state index is 0.140. The van der Waals surface area contributed by atoms with Crippen molar-refractivity contribution in [1.29, 1.82) is 0 Å². The molecule has 3 aromatic heterocycles. The van der Waals surface area contributed by atoms with Crippen molar-refractivity contribution in [2.75, 3.05) is 25.0 Å². The molecule has 2 N–H and O–H groups in total. The van der Waals surface area contributed by atoms with E-state index in [0.717, 1.165) is 76.8 Å². The number of benzene rings is 1. The summed E-state index contributed by atoms with van der Waals surface area (Å²) >= 11 is 0. The Hall–Kier alpha value is -4.30. The Kier molecular flexibility index (Phi) is 7.56. The van der Waals surface area contributed by atoms with Crippen LogP contribution in [0, 0.1) is 13.8 Å². The summed E-state index contributed by atoms with van der Waals surface area (Å²) < 4.78 is 1.73. The number of rotatable bonds is 10. The van der Waals surface area contributed by atoms with E-state index >= 15 is 0 Å². The molecular weight excluding hydrogens is 488 g/mol. The first-order chi connectivity index (χ1) is 18.9. The molecule has 0 atom stereocenters. The molecule has 1 amide bonds. The van der Waals surface area contributed by atoms with Crippen LogP contribution in [-0.2, 0) is 4.79 Å². The molecule has 0 saturated heterocycles. The summed E-state index contributed by atoms with van der Waals surface area (Å²) in [5.41, 5.74) is 7.25. The van der Waals surface area contributed by atoms with Crippen LogP contribution in [-0.4, -0.2) is 56.0 Å². The van der Waals surface area contributed by atoms with Crippen molar-refractivity contribution in [3.8, 4) is 16.9 Å². The van der Waals surface area contributed by atoms with Crippen LogP contribution in [0.4, 0.5) is 5.69 Å². The number of H-pyrrole nitrogens is 1. The molecule has 39 heavy (non-hydrogen) atoms. The molecule has 4 heterocycles. The van der Waals surface area contributed by atoms with Gasteiger partial charge in [-0.05, 0) is 81.4 Å². The first kappa shape index (κ1) is 26.3. The largest absolute Gasteiger partial charge is 0.358 e.